The van der Waals surface area contributed by atoms with E-state index in [1.54, 1.807) is 0 Å². The summed E-state index contributed by atoms with van der Waals surface area (Å²) in [5, 5.41) is 49.1. The highest BCUT2D eigenvalue weighted by Gasteiger charge is 2.28. The highest BCUT2D eigenvalue weighted by atomic mass is 16.4. The van der Waals surface area contributed by atoms with Crippen molar-refractivity contribution < 1.29 is 43.8 Å². The molecule has 0 heterocycles. The van der Waals surface area contributed by atoms with Crippen LogP contribution in [0.3, 0.4) is 0 Å². The minimum Gasteiger partial charge on any atom is -0.480 e. The fraction of sp³-hybridized carbons (Fsp3) is 0.625. The van der Waals surface area contributed by atoms with Crippen molar-refractivity contribution in [2.45, 2.75) is 62.7 Å². The van der Waals surface area contributed by atoms with Gasteiger partial charge >= 0.3 is 5.97 Å². The largest absolute Gasteiger partial charge is 0.480 e. The van der Waals surface area contributed by atoms with Crippen LogP contribution in [0.1, 0.15) is 38.5 Å². The Kier molecular flexibility index (Phi) is 19.7. The molecule has 0 aliphatic heterocycles. The molecule has 260 valence electrons. The number of aliphatic hydroxyl groups excluding tert-OH is 1. The fourth-order valence-electron chi connectivity index (χ4n) is 3.59. The molecule has 0 rings (SSSR count). The summed E-state index contributed by atoms with van der Waals surface area (Å²) in [6.45, 7) is -2.00. The lowest BCUT2D eigenvalue weighted by atomic mass is 10.1. The van der Waals surface area contributed by atoms with E-state index in [1.807, 2.05) is 5.32 Å². The Balaban J connectivity index is 5.48. The summed E-state index contributed by atoms with van der Waals surface area (Å²) in [4.78, 5) is 84.9. The fourth-order valence-corrected chi connectivity index (χ4v) is 3.59. The monoisotopic (exact) mass is 659 g/mol. The Labute approximate surface area is 263 Å². The van der Waals surface area contributed by atoms with Crippen LogP contribution in [0.25, 0.3) is 0 Å². The second-order valence-electron chi connectivity index (χ2n) is 9.83. The first-order chi connectivity index (χ1) is 21.6. The number of nitrogens with two attached hydrogens (primary N) is 4. The maximum absolute atomic E-state index is 12.9. The lowest BCUT2D eigenvalue weighted by Gasteiger charge is -2.23. The van der Waals surface area contributed by atoms with Gasteiger partial charge in [0, 0.05) is 19.5 Å². The Bertz CT molecular complexity index is 1110. The van der Waals surface area contributed by atoms with Crippen LogP contribution in [0.4, 0.5) is 0 Å². The van der Waals surface area contributed by atoms with E-state index in [9.17, 15) is 38.7 Å². The summed E-state index contributed by atoms with van der Waals surface area (Å²) in [7, 11) is 0. The number of guanidine groups is 2. The predicted molar refractivity (Wildman–Crippen MR) is 161 cm³/mol. The van der Waals surface area contributed by atoms with Crippen LogP contribution in [0.2, 0.25) is 0 Å². The number of aliphatic hydroxyl groups is 1. The van der Waals surface area contributed by atoms with Gasteiger partial charge in [0.15, 0.2) is 11.9 Å². The zero-order chi connectivity index (χ0) is 35.2. The molecule has 46 heavy (non-hydrogen) atoms. The van der Waals surface area contributed by atoms with E-state index in [0.717, 1.165) is 0 Å². The van der Waals surface area contributed by atoms with Gasteiger partial charge in [0.2, 0.25) is 35.4 Å². The first kappa shape index (κ1) is 40.8. The minimum atomic E-state index is -1.54. The quantitative estimate of drug-likeness (QED) is 0.0275. The van der Waals surface area contributed by atoms with E-state index in [2.05, 4.69) is 31.9 Å². The second-order valence-corrected chi connectivity index (χ2v) is 9.83. The van der Waals surface area contributed by atoms with Crippen LogP contribution < -0.4 is 60.2 Å². The number of carboxylic acids is 1. The molecule has 0 saturated heterocycles. The number of rotatable bonds is 23. The van der Waals surface area contributed by atoms with E-state index >= 15 is 0 Å². The maximum atomic E-state index is 12.9. The van der Waals surface area contributed by atoms with Crippen molar-refractivity contribution in [3.63, 3.8) is 0 Å². The molecule has 22 heteroatoms. The molecule has 0 aliphatic carbocycles. The van der Waals surface area contributed by atoms with Crippen LogP contribution in [-0.4, -0.2) is 120 Å². The summed E-state index contributed by atoms with van der Waals surface area (Å²) in [6.07, 6.45) is 0.183. The van der Waals surface area contributed by atoms with E-state index in [1.165, 1.54) is 0 Å². The molecule has 0 aromatic carbocycles. The van der Waals surface area contributed by atoms with Gasteiger partial charge in [-0.05, 0) is 32.1 Å². The number of carbonyl (C=O) groups is 7. The van der Waals surface area contributed by atoms with Gasteiger partial charge in [-0.3, -0.25) is 44.4 Å². The molecule has 0 unspecified atom stereocenters. The van der Waals surface area contributed by atoms with Crippen molar-refractivity contribution in [2.24, 2.45) is 22.9 Å². The third-order valence-corrected chi connectivity index (χ3v) is 5.95. The smallest absolute Gasteiger partial charge is 0.322 e. The zero-order valence-electron chi connectivity index (χ0n) is 25.1. The van der Waals surface area contributed by atoms with Crippen LogP contribution in [-0.2, 0) is 33.6 Å². The first-order valence-electron chi connectivity index (χ1n) is 14.0. The SMILES string of the molecule is N=C(N)NCCC[C@H](NC(=O)CNC(=O)[C@H](CCCNC(=N)N)NC(=O)[C@@H](N)CCC(N)=O)C(=O)N[C@@H](CO)C(=O)NCC(=O)O. The number of hydrogen-bond acceptors (Lipinski definition) is 11. The van der Waals surface area contributed by atoms with Crippen molar-refractivity contribution >= 4 is 53.3 Å². The summed E-state index contributed by atoms with van der Waals surface area (Å²) in [5.41, 5.74) is 21.3. The molecule has 0 bridgehead atoms. The van der Waals surface area contributed by atoms with E-state index in [4.69, 9.17) is 38.9 Å². The number of hydrogen-bond donors (Lipinski definition) is 15. The Morgan fingerprint density at radius 1 is 0.630 bits per heavy atom. The van der Waals surface area contributed by atoms with Gasteiger partial charge in [0.05, 0.1) is 19.2 Å². The molecule has 22 nitrogen and oxygen atoms in total. The molecule has 0 aromatic heterocycles. The third-order valence-electron chi connectivity index (χ3n) is 5.95. The molecular weight excluding hydrogens is 614 g/mol. The average Bonchev–Trinajstić information content (AvgIpc) is 2.98. The average molecular weight is 660 g/mol. The number of primary amides is 1. The number of amides is 6. The van der Waals surface area contributed by atoms with Gasteiger partial charge in [-0.1, -0.05) is 0 Å². The molecular formula is C24H45N13O9. The van der Waals surface area contributed by atoms with Gasteiger partial charge in [0.25, 0.3) is 0 Å². The lowest BCUT2D eigenvalue weighted by molar-refractivity contribution is -0.139. The van der Waals surface area contributed by atoms with Crippen molar-refractivity contribution in [1.29, 1.82) is 10.8 Å². The molecule has 4 atom stereocenters. The molecule has 0 radical (unpaired) electrons. The second kappa shape index (κ2) is 22.3. The number of carboxylic acid groups (broad SMARTS) is 1. The molecule has 6 amide bonds. The summed E-state index contributed by atoms with van der Waals surface area (Å²) >= 11 is 0. The molecule has 0 spiro atoms. The normalized spacial score (nSPS) is 13.0. The van der Waals surface area contributed by atoms with Crippen LogP contribution >= 0.6 is 0 Å². The van der Waals surface area contributed by atoms with Crippen LogP contribution in [0, 0.1) is 10.8 Å². The van der Waals surface area contributed by atoms with Gasteiger partial charge in [0.1, 0.15) is 24.7 Å². The van der Waals surface area contributed by atoms with E-state index in [0.29, 0.717) is 0 Å². The van der Waals surface area contributed by atoms with Gasteiger partial charge in [-0.25, -0.2) is 0 Å². The van der Waals surface area contributed by atoms with Gasteiger partial charge in [-0.2, -0.15) is 0 Å². The molecule has 0 aliphatic rings. The Morgan fingerprint density at radius 2 is 1.11 bits per heavy atom. The first-order valence-corrected chi connectivity index (χ1v) is 14.0. The summed E-state index contributed by atoms with van der Waals surface area (Å²) in [5.74, 6) is -6.99. The van der Waals surface area contributed by atoms with Crippen LogP contribution in [0.5, 0.6) is 0 Å². The minimum absolute atomic E-state index is 0.0304. The topological polar surface area (TPSA) is 396 Å². The summed E-state index contributed by atoms with van der Waals surface area (Å²) in [6, 6.07) is -5.21. The summed E-state index contributed by atoms with van der Waals surface area (Å²) < 4.78 is 0. The third kappa shape index (κ3) is 19.1. The van der Waals surface area contributed by atoms with E-state index in [-0.39, 0.29) is 63.5 Å². The van der Waals surface area contributed by atoms with Gasteiger partial charge in [-0.15, -0.1) is 0 Å². The number of carbonyl (C=O) groups excluding carboxylic acids is 6. The Morgan fingerprint density at radius 3 is 1.59 bits per heavy atom. The molecule has 0 aromatic rings. The number of aliphatic carboxylic acids is 1. The van der Waals surface area contributed by atoms with E-state index < -0.39 is 85.3 Å². The predicted octanol–water partition coefficient (Wildman–Crippen LogP) is -7.13. The molecule has 19 N–H and O–H groups in total. The van der Waals surface area contributed by atoms with Crippen LogP contribution in [0.15, 0.2) is 0 Å². The number of nitrogens with one attached hydrogen (secondary N) is 9. The van der Waals surface area contributed by atoms with Crippen molar-refractivity contribution in [3.8, 4) is 0 Å². The lowest BCUT2D eigenvalue weighted by Crippen LogP contribution is -2.57. The maximum Gasteiger partial charge on any atom is 0.322 e. The van der Waals surface area contributed by atoms with Crippen molar-refractivity contribution in [2.75, 3.05) is 32.8 Å². The zero-order valence-corrected chi connectivity index (χ0v) is 25.1. The standard InChI is InChI=1S/C24H45N13O9/c25-12(5-6-16(26)39)19(43)36-13(3-1-7-31-23(27)28)20(44)33-9-17(40)35-14(4-2-8-32-24(29)30)22(46)37-15(11-38)21(45)34-10-18(41)42/h12-15,38H,1-11,25H2,(H2,26,39)(H,33,44)(H,34,45)(H,35,40)(H,36,43)(H,37,46)(H,41,42)(H4,27,28,31)(H4,29,30,32)/t12-,13-,14-,15-/m0/s1. The van der Waals surface area contributed by atoms with Crippen molar-refractivity contribution in [3.05, 3.63) is 0 Å². The van der Waals surface area contributed by atoms with Crippen molar-refractivity contribution in [1.82, 2.24) is 37.2 Å². The van der Waals surface area contributed by atoms with Gasteiger partial charge < -0.3 is 70.4 Å². The molecule has 0 saturated carbocycles. The highest BCUT2D eigenvalue weighted by molar-refractivity contribution is 5.95. The molecule has 0 fully saturated rings. The highest BCUT2D eigenvalue weighted by Crippen LogP contribution is 2.02. The Hall–Kier alpha value is -5.25.